The van der Waals surface area contributed by atoms with Gasteiger partial charge in [0, 0.05) is 12.4 Å². The van der Waals surface area contributed by atoms with Crippen molar-refractivity contribution in [2.45, 2.75) is 12.5 Å². The van der Waals surface area contributed by atoms with Gasteiger partial charge in [-0.3, -0.25) is 10.1 Å². The molecule has 0 saturated heterocycles. The van der Waals surface area contributed by atoms with Gasteiger partial charge in [0.1, 0.15) is 6.04 Å². The Labute approximate surface area is 117 Å². The van der Waals surface area contributed by atoms with Crippen molar-refractivity contribution in [2.24, 2.45) is 4.99 Å². The van der Waals surface area contributed by atoms with Gasteiger partial charge in [0.2, 0.25) is 5.96 Å². The van der Waals surface area contributed by atoms with Crippen LogP contribution in [0.3, 0.4) is 0 Å². The molecule has 0 aliphatic carbocycles. The number of thiazole rings is 1. The predicted molar refractivity (Wildman–Crippen MR) is 72.2 cm³/mol. The number of carbonyl (C=O) groups excluding carboxylic acids is 2. The van der Waals surface area contributed by atoms with Gasteiger partial charge in [0.15, 0.2) is 5.13 Å². The predicted octanol–water partition coefficient (Wildman–Crippen LogP) is -0.297. The molecule has 2 heterocycles. The molecule has 2 aromatic rings. The number of nitrogens with one attached hydrogen (secondary N) is 2. The van der Waals surface area contributed by atoms with Gasteiger partial charge in [-0.2, -0.15) is 0 Å². The topological polar surface area (TPSA) is 107 Å². The van der Waals surface area contributed by atoms with Crippen molar-refractivity contribution in [1.29, 1.82) is 0 Å². The van der Waals surface area contributed by atoms with E-state index >= 15 is 0 Å². The van der Waals surface area contributed by atoms with Crippen LogP contribution in [0.2, 0.25) is 0 Å². The number of fused-ring (bicyclic) bond motifs is 1. The largest absolute Gasteiger partial charge is 0.550 e. The Kier molecular flexibility index (Phi) is 3.07. The zero-order valence-corrected chi connectivity index (χ0v) is 10.9. The molecule has 1 aromatic carbocycles. The molecule has 0 saturated carbocycles. The van der Waals surface area contributed by atoms with Crippen LogP contribution in [0.4, 0.5) is 5.13 Å². The molecule has 1 aliphatic rings. The van der Waals surface area contributed by atoms with E-state index in [2.05, 4.69) is 20.6 Å². The number of aliphatic imine (C=N–C) groups is 1. The monoisotopic (exact) mass is 289 g/mol. The zero-order chi connectivity index (χ0) is 14.1. The lowest BCUT2D eigenvalue weighted by Gasteiger charge is -2.03. The fourth-order valence-corrected chi connectivity index (χ4v) is 2.70. The Morgan fingerprint density at radius 3 is 3.00 bits per heavy atom. The minimum atomic E-state index is -1.31. The van der Waals surface area contributed by atoms with Gasteiger partial charge in [-0.1, -0.05) is 23.5 Å². The van der Waals surface area contributed by atoms with Crippen molar-refractivity contribution in [3.8, 4) is 0 Å². The molecule has 0 bridgehead atoms. The highest BCUT2D eigenvalue weighted by Crippen LogP contribution is 2.25. The van der Waals surface area contributed by atoms with Crippen molar-refractivity contribution in [1.82, 2.24) is 10.3 Å². The van der Waals surface area contributed by atoms with Crippen LogP contribution in [0.1, 0.15) is 6.42 Å². The molecule has 0 unspecified atom stereocenters. The van der Waals surface area contributed by atoms with E-state index < -0.39 is 24.3 Å². The molecule has 1 aliphatic heterocycles. The van der Waals surface area contributed by atoms with Crippen molar-refractivity contribution < 1.29 is 14.7 Å². The molecular formula is C12H9N4O3S-. The Hall–Kier alpha value is -2.48. The molecule has 1 atom stereocenters. The highest BCUT2D eigenvalue weighted by molar-refractivity contribution is 7.22. The maximum atomic E-state index is 11.5. The molecule has 0 spiro atoms. The summed E-state index contributed by atoms with van der Waals surface area (Å²) in [6.07, 6.45) is -0.434. The SMILES string of the molecule is O=C([O-])C[C@H]1N=C(Nc2nc3ccccc3s2)NC1=O. The van der Waals surface area contributed by atoms with Gasteiger partial charge >= 0.3 is 0 Å². The van der Waals surface area contributed by atoms with E-state index in [9.17, 15) is 14.7 Å². The number of benzene rings is 1. The molecule has 2 N–H and O–H groups in total. The van der Waals surface area contributed by atoms with E-state index in [4.69, 9.17) is 0 Å². The van der Waals surface area contributed by atoms with Crippen molar-refractivity contribution in [2.75, 3.05) is 5.32 Å². The summed E-state index contributed by atoms with van der Waals surface area (Å²) in [5.41, 5.74) is 0.844. The average molecular weight is 289 g/mol. The van der Waals surface area contributed by atoms with Crippen molar-refractivity contribution in [3.05, 3.63) is 24.3 Å². The van der Waals surface area contributed by atoms with E-state index in [0.29, 0.717) is 5.13 Å². The Morgan fingerprint density at radius 2 is 2.25 bits per heavy atom. The fraction of sp³-hybridized carbons (Fsp3) is 0.167. The van der Waals surface area contributed by atoms with E-state index in [0.717, 1.165) is 10.2 Å². The van der Waals surface area contributed by atoms with E-state index in [-0.39, 0.29) is 5.96 Å². The molecule has 1 aromatic heterocycles. The number of carboxylic acid groups (broad SMARTS) is 1. The Morgan fingerprint density at radius 1 is 1.45 bits per heavy atom. The van der Waals surface area contributed by atoms with Crippen LogP contribution in [-0.2, 0) is 9.59 Å². The smallest absolute Gasteiger partial charge is 0.251 e. The van der Waals surface area contributed by atoms with Crippen LogP contribution in [0, 0.1) is 0 Å². The second-order valence-electron chi connectivity index (χ2n) is 4.17. The first-order valence-corrected chi connectivity index (χ1v) is 6.64. The number of amides is 1. The zero-order valence-electron chi connectivity index (χ0n) is 10.1. The van der Waals surface area contributed by atoms with Gasteiger partial charge < -0.3 is 15.2 Å². The molecule has 7 nitrogen and oxygen atoms in total. The van der Waals surface area contributed by atoms with E-state index in [1.165, 1.54) is 11.3 Å². The third-order valence-electron chi connectivity index (χ3n) is 2.71. The van der Waals surface area contributed by atoms with Gasteiger partial charge in [-0.05, 0) is 12.1 Å². The van der Waals surface area contributed by atoms with E-state index in [1.54, 1.807) is 0 Å². The maximum Gasteiger partial charge on any atom is 0.251 e. The molecule has 8 heteroatoms. The minimum Gasteiger partial charge on any atom is -0.550 e. The first-order chi connectivity index (χ1) is 9.61. The lowest BCUT2D eigenvalue weighted by Crippen LogP contribution is -2.35. The molecule has 3 rings (SSSR count). The highest BCUT2D eigenvalue weighted by Gasteiger charge is 2.26. The van der Waals surface area contributed by atoms with Gasteiger partial charge in [-0.25, -0.2) is 9.98 Å². The number of hydrogen-bond donors (Lipinski definition) is 2. The summed E-state index contributed by atoms with van der Waals surface area (Å²) in [5.74, 6) is -1.56. The second kappa shape index (κ2) is 4.89. The van der Waals surface area contributed by atoms with Gasteiger partial charge in [0.05, 0.1) is 10.2 Å². The molecule has 0 fully saturated rings. The maximum absolute atomic E-state index is 11.5. The molecule has 20 heavy (non-hydrogen) atoms. The van der Waals surface area contributed by atoms with Crippen LogP contribution in [0.15, 0.2) is 29.3 Å². The van der Waals surface area contributed by atoms with Crippen molar-refractivity contribution in [3.63, 3.8) is 0 Å². The summed E-state index contributed by atoms with van der Waals surface area (Å²) < 4.78 is 1.01. The summed E-state index contributed by atoms with van der Waals surface area (Å²) in [5, 5.41) is 16.4. The van der Waals surface area contributed by atoms with Crippen LogP contribution in [-0.4, -0.2) is 28.9 Å². The number of aliphatic carboxylic acids is 1. The molecule has 1 amide bonds. The third kappa shape index (κ3) is 2.45. The molecule has 102 valence electrons. The number of aromatic nitrogens is 1. The summed E-state index contributed by atoms with van der Waals surface area (Å²) in [6.45, 7) is 0. The first-order valence-electron chi connectivity index (χ1n) is 5.83. The summed E-state index contributed by atoms with van der Waals surface area (Å²) in [4.78, 5) is 30.3. The second-order valence-corrected chi connectivity index (χ2v) is 5.20. The summed E-state index contributed by atoms with van der Waals surface area (Å²) in [6, 6.07) is 6.67. The molecular weight excluding hydrogens is 280 g/mol. The average Bonchev–Trinajstić information content (AvgIpc) is 2.92. The molecule has 0 radical (unpaired) electrons. The third-order valence-corrected chi connectivity index (χ3v) is 3.66. The number of guanidine groups is 1. The van der Waals surface area contributed by atoms with Crippen LogP contribution in [0.5, 0.6) is 0 Å². The van der Waals surface area contributed by atoms with Crippen LogP contribution in [0.25, 0.3) is 10.2 Å². The lowest BCUT2D eigenvalue weighted by molar-refractivity contribution is -0.305. The van der Waals surface area contributed by atoms with Crippen LogP contribution < -0.4 is 15.7 Å². The number of carbonyl (C=O) groups is 2. The first kappa shape index (κ1) is 12.5. The van der Waals surface area contributed by atoms with Gasteiger partial charge in [0.25, 0.3) is 5.91 Å². The quantitative estimate of drug-likeness (QED) is 0.807. The summed E-state index contributed by atoms with van der Waals surface area (Å²) in [7, 11) is 0. The van der Waals surface area contributed by atoms with Crippen LogP contribution >= 0.6 is 11.3 Å². The van der Waals surface area contributed by atoms with Gasteiger partial charge in [-0.15, -0.1) is 0 Å². The number of nitrogens with zero attached hydrogens (tertiary/aromatic N) is 2. The number of carboxylic acids is 1. The highest BCUT2D eigenvalue weighted by atomic mass is 32.1. The van der Waals surface area contributed by atoms with E-state index in [1.807, 2.05) is 24.3 Å². The number of rotatable bonds is 3. The summed E-state index contributed by atoms with van der Waals surface area (Å²) >= 11 is 1.42. The van der Waals surface area contributed by atoms with Crippen molar-refractivity contribution >= 4 is 44.5 Å². The number of anilines is 1. The normalized spacial score (nSPS) is 17.9. The number of hydrogen-bond acceptors (Lipinski definition) is 7. The lowest BCUT2D eigenvalue weighted by atomic mass is 10.2. The fourth-order valence-electron chi connectivity index (χ4n) is 1.83. The Balaban J connectivity index is 1.77. The Bertz CT molecular complexity index is 691. The standard InChI is InChI=1S/C12H10N4O3S/c17-9(18)5-7-10(19)15-11(13-7)16-12-14-6-3-1-2-4-8(6)20-12/h1-4,7H,5H2,(H,17,18)(H2,13,14,15,16,19)/p-1/t7-/m1/s1. The number of para-hydroxylation sites is 1. The minimum absolute atomic E-state index is 0.209.